The molecule has 5 nitrogen and oxygen atoms in total. The molecule has 1 atom stereocenters. The first-order chi connectivity index (χ1) is 9.74. The van der Waals surface area contributed by atoms with Gasteiger partial charge in [0.15, 0.2) is 0 Å². The molecule has 1 fully saturated rings. The lowest BCUT2D eigenvalue weighted by Gasteiger charge is -2.35. The van der Waals surface area contributed by atoms with Gasteiger partial charge in [0.2, 0.25) is 5.71 Å². The Balaban J connectivity index is 2.05. The summed E-state index contributed by atoms with van der Waals surface area (Å²) in [5, 5.41) is 20.9. The minimum atomic E-state index is -0.182. The fourth-order valence-corrected chi connectivity index (χ4v) is 2.40. The molecule has 1 unspecified atom stereocenters. The van der Waals surface area contributed by atoms with Gasteiger partial charge in [-0.25, -0.2) is 0 Å². The molecule has 102 valence electrons. The average Bonchev–Trinajstić information content (AvgIpc) is 2.49. The Hall–Kier alpha value is -2.53. The van der Waals surface area contributed by atoms with Crippen molar-refractivity contribution in [1.82, 2.24) is 0 Å². The average molecular weight is 267 g/mol. The molecule has 0 radical (unpaired) electrons. The molecular weight excluding hydrogens is 250 g/mol. The number of rotatable bonds is 3. The predicted octanol–water partition coefficient (Wildman–Crippen LogP) is 2.88. The second kappa shape index (κ2) is 6.58. The molecule has 0 bridgehead atoms. The topological polar surface area (TPSA) is 75.2 Å². The standard InChI is InChI=1S/C15H17N5/c1-12-4-2-3-9-20(12)15-7-5-13(6-8-15)18-19-14(10-16)11-17/h5-8,12,18H,2-4,9H2,1H3. The number of anilines is 2. The Bertz CT molecular complexity index is 545. The van der Waals surface area contributed by atoms with Crippen LogP contribution in [0.2, 0.25) is 0 Å². The van der Waals surface area contributed by atoms with Crippen molar-refractivity contribution < 1.29 is 0 Å². The number of nitriles is 2. The van der Waals surface area contributed by atoms with E-state index in [1.165, 1.54) is 24.9 Å². The Morgan fingerprint density at radius 3 is 2.55 bits per heavy atom. The third kappa shape index (κ3) is 3.27. The van der Waals surface area contributed by atoms with Gasteiger partial charge in [-0.05, 0) is 50.5 Å². The molecule has 1 heterocycles. The maximum Gasteiger partial charge on any atom is 0.237 e. The van der Waals surface area contributed by atoms with Crippen molar-refractivity contribution in [1.29, 1.82) is 10.5 Å². The molecule has 1 aromatic carbocycles. The van der Waals surface area contributed by atoms with Gasteiger partial charge in [0.05, 0.1) is 5.69 Å². The maximum atomic E-state index is 8.60. The molecule has 0 amide bonds. The third-order valence-electron chi connectivity index (χ3n) is 3.51. The number of piperidine rings is 1. The Kier molecular flexibility index (Phi) is 4.57. The quantitative estimate of drug-likeness (QED) is 0.675. The summed E-state index contributed by atoms with van der Waals surface area (Å²) in [6.45, 7) is 3.35. The lowest BCUT2D eigenvalue weighted by atomic mass is 10.0. The molecule has 1 aromatic rings. The normalized spacial score (nSPS) is 17.8. The molecule has 1 N–H and O–H groups in total. The van der Waals surface area contributed by atoms with Crippen LogP contribution in [0, 0.1) is 22.7 Å². The van der Waals surface area contributed by atoms with E-state index < -0.39 is 0 Å². The van der Waals surface area contributed by atoms with Gasteiger partial charge >= 0.3 is 0 Å². The monoisotopic (exact) mass is 267 g/mol. The van der Waals surface area contributed by atoms with Crippen molar-refractivity contribution in [2.75, 3.05) is 16.9 Å². The SMILES string of the molecule is CC1CCCCN1c1ccc(NN=C(C#N)C#N)cc1. The van der Waals surface area contributed by atoms with Gasteiger partial charge in [-0.15, -0.1) is 0 Å². The van der Waals surface area contributed by atoms with Crippen molar-refractivity contribution in [3.63, 3.8) is 0 Å². The Labute approximate surface area is 119 Å². The number of nitrogens with zero attached hydrogens (tertiary/aromatic N) is 4. The van der Waals surface area contributed by atoms with Gasteiger partial charge in [0.25, 0.3) is 0 Å². The molecule has 1 aliphatic heterocycles. The summed E-state index contributed by atoms with van der Waals surface area (Å²) in [5.74, 6) is 0. The third-order valence-corrected chi connectivity index (χ3v) is 3.51. The van der Waals surface area contributed by atoms with Crippen LogP contribution in [0.3, 0.4) is 0 Å². The number of hydrogen-bond donors (Lipinski definition) is 1. The zero-order valence-electron chi connectivity index (χ0n) is 11.5. The zero-order valence-corrected chi connectivity index (χ0v) is 11.5. The predicted molar refractivity (Wildman–Crippen MR) is 79.4 cm³/mol. The van der Waals surface area contributed by atoms with Crippen molar-refractivity contribution in [3.8, 4) is 12.1 Å². The van der Waals surface area contributed by atoms with Crippen molar-refractivity contribution in [2.24, 2.45) is 5.10 Å². The highest BCUT2D eigenvalue weighted by atomic mass is 15.3. The van der Waals surface area contributed by atoms with E-state index in [1.54, 1.807) is 12.1 Å². The van der Waals surface area contributed by atoms with E-state index in [9.17, 15) is 0 Å². The van der Waals surface area contributed by atoms with E-state index in [0.29, 0.717) is 6.04 Å². The lowest BCUT2D eigenvalue weighted by Crippen LogP contribution is -2.37. The molecule has 0 spiro atoms. The van der Waals surface area contributed by atoms with Crippen LogP contribution >= 0.6 is 0 Å². The molecule has 0 aliphatic carbocycles. The van der Waals surface area contributed by atoms with Gasteiger partial charge in [-0.3, -0.25) is 5.43 Å². The van der Waals surface area contributed by atoms with Crippen LogP contribution in [0.1, 0.15) is 26.2 Å². The molecule has 20 heavy (non-hydrogen) atoms. The van der Waals surface area contributed by atoms with Gasteiger partial charge in [0.1, 0.15) is 12.1 Å². The number of nitrogens with one attached hydrogen (secondary N) is 1. The first kappa shape index (κ1) is 13.9. The van der Waals surface area contributed by atoms with Crippen LogP contribution in [0.15, 0.2) is 29.4 Å². The molecule has 0 saturated carbocycles. The molecule has 5 heteroatoms. The second-order valence-electron chi connectivity index (χ2n) is 4.88. The van der Waals surface area contributed by atoms with Crippen LogP contribution in [-0.2, 0) is 0 Å². The summed E-state index contributed by atoms with van der Waals surface area (Å²) in [4.78, 5) is 2.41. The minimum absolute atomic E-state index is 0.182. The Morgan fingerprint density at radius 2 is 1.95 bits per heavy atom. The smallest absolute Gasteiger partial charge is 0.237 e. The summed E-state index contributed by atoms with van der Waals surface area (Å²) in [5.41, 5.74) is 4.50. The first-order valence-electron chi connectivity index (χ1n) is 6.75. The maximum absolute atomic E-state index is 8.60. The van der Waals surface area contributed by atoms with Crippen LogP contribution in [-0.4, -0.2) is 18.3 Å². The summed E-state index contributed by atoms with van der Waals surface area (Å²) in [6.07, 6.45) is 3.78. The number of benzene rings is 1. The summed E-state index contributed by atoms with van der Waals surface area (Å²) >= 11 is 0. The number of hydrogen-bond acceptors (Lipinski definition) is 5. The van der Waals surface area contributed by atoms with E-state index in [4.69, 9.17) is 10.5 Å². The van der Waals surface area contributed by atoms with Gasteiger partial charge in [-0.2, -0.15) is 15.6 Å². The molecule has 0 aromatic heterocycles. The van der Waals surface area contributed by atoms with Gasteiger partial charge < -0.3 is 4.90 Å². The highest BCUT2D eigenvalue weighted by molar-refractivity contribution is 6.10. The molecule has 2 rings (SSSR count). The molecule has 1 aliphatic rings. The van der Waals surface area contributed by atoms with Crippen molar-refractivity contribution >= 4 is 17.1 Å². The van der Waals surface area contributed by atoms with E-state index in [-0.39, 0.29) is 5.71 Å². The highest BCUT2D eigenvalue weighted by Crippen LogP contribution is 2.25. The Morgan fingerprint density at radius 1 is 1.25 bits per heavy atom. The largest absolute Gasteiger partial charge is 0.369 e. The second-order valence-corrected chi connectivity index (χ2v) is 4.88. The van der Waals surface area contributed by atoms with Gasteiger partial charge in [-0.1, -0.05) is 0 Å². The summed E-state index contributed by atoms with van der Waals surface area (Å²) in [7, 11) is 0. The van der Waals surface area contributed by atoms with E-state index in [1.807, 2.05) is 24.3 Å². The van der Waals surface area contributed by atoms with Crippen molar-refractivity contribution in [3.05, 3.63) is 24.3 Å². The molecular formula is C15H17N5. The summed E-state index contributed by atoms with van der Waals surface area (Å²) < 4.78 is 0. The van der Waals surface area contributed by atoms with E-state index >= 15 is 0 Å². The highest BCUT2D eigenvalue weighted by Gasteiger charge is 2.18. The van der Waals surface area contributed by atoms with Gasteiger partial charge in [0, 0.05) is 18.3 Å². The molecule has 1 saturated heterocycles. The summed E-state index contributed by atoms with van der Waals surface area (Å²) in [6, 6.07) is 11.9. The lowest BCUT2D eigenvalue weighted by molar-refractivity contribution is 0.485. The number of hydrazone groups is 1. The van der Waals surface area contributed by atoms with Crippen molar-refractivity contribution in [2.45, 2.75) is 32.2 Å². The first-order valence-corrected chi connectivity index (χ1v) is 6.75. The fourth-order valence-electron chi connectivity index (χ4n) is 2.40. The van der Waals surface area contributed by atoms with Crippen LogP contribution < -0.4 is 10.3 Å². The zero-order chi connectivity index (χ0) is 14.4. The van der Waals surface area contributed by atoms with Crippen LogP contribution in [0.25, 0.3) is 0 Å². The van der Waals surface area contributed by atoms with E-state index in [2.05, 4.69) is 22.4 Å². The van der Waals surface area contributed by atoms with Crippen LogP contribution in [0.4, 0.5) is 11.4 Å². The van der Waals surface area contributed by atoms with E-state index in [0.717, 1.165) is 12.2 Å². The van der Waals surface area contributed by atoms with Crippen LogP contribution in [0.5, 0.6) is 0 Å². The fraction of sp³-hybridized carbons (Fsp3) is 0.400. The minimum Gasteiger partial charge on any atom is -0.369 e.